The number of aliphatic hydroxyl groups excluding tert-OH is 1. The normalized spacial score (nSPS) is 13.4. The van der Waals surface area contributed by atoms with Gasteiger partial charge in [-0.3, -0.25) is 0 Å². The summed E-state index contributed by atoms with van der Waals surface area (Å²) in [4.78, 5) is 3.23. The molecule has 2 N–H and O–H groups in total. The van der Waals surface area contributed by atoms with Crippen molar-refractivity contribution in [3.05, 3.63) is 35.0 Å². The number of fused-ring (bicyclic) bond motifs is 1. The maximum Gasteiger partial charge on any atom is 0.0910 e. The summed E-state index contributed by atoms with van der Waals surface area (Å²) in [6.07, 6.45) is -0.429. The van der Waals surface area contributed by atoms with Crippen molar-refractivity contribution >= 4 is 10.9 Å². The van der Waals surface area contributed by atoms with Crippen LogP contribution in [0, 0.1) is 13.8 Å². The van der Waals surface area contributed by atoms with Gasteiger partial charge in [-0.1, -0.05) is 6.07 Å². The first-order chi connectivity index (χ1) is 6.58. The first kappa shape index (κ1) is 9.28. The first-order valence-electron chi connectivity index (χ1n) is 4.86. The number of aromatic nitrogens is 1. The van der Waals surface area contributed by atoms with Gasteiger partial charge in [0.25, 0.3) is 0 Å². The highest BCUT2D eigenvalue weighted by molar-refractivity contribution is 5.84. The summed E-state index contributed by atoms with van der Waals surface area (Å²) in [5.74, 6) is 0. The Morgan fingerprint density at radius 3 is 2.57 bits per heavy atom. The minimum absolute atomic E-state index is 0.429. The van der Waals surface area contributed by atoms with Crippen LogP contribution in [0.25, 0.3) is 10.9 Å². The van der Waals surface area contributed by atoms with Gasteiger partial charge in [-0.2, -0.15) is 0 Å². The molecule has 0 saturated heterocycles. The van der Waals surface area contributed by atoms with Gasteiger partial charge in [0.2, 0.25) is 0 Å². The van der Waals surface area contributed by atoms with Gasteiger partial charge < -0.3 is 10.1 Å². The second-order valence-electron chi connectivity index (χ2n) is 3.94. The summed E-state index contributed by atoms with van der Waals surface area (Å²) in [6, 6.07) is 6.28. The molecule has 0 aliphatic rings. The Morgan fingerprint density at radius 1 is 1.21 bits per heavy atom. The van der Waals surface area contributed by atoms with Gasteiger partial charge in [0.05, 0.1) is 6.10 Å². The van der Waals surface area contributed by atoms with E-state index >= 15 is 0 Å². The van der Waals surface area contributed by atoms with Crippen molar-refractivity contribution in [3.63, 3.8) is 0 Å². The van der Waals surface area contributed by atoms with Crippen LogP contribution in [0.3, 0.4) is 0 Å². The Balaban J connectivity index is 2.70. The SMILES string of the molecule is Cc1cc(C)c2cc(C(C)O)[nH]c2c1. The molecule has 0 saturated carbocycles. The third-order valence-corrected chi connectivity index (χ3v) is 2.56. The minimum atomic E-state index is -0.429. The van der Waals surface area contributed by atoms with Gasteiger partial charge in [0.15, 0.2) is 0 Å². The lowest BCUT2D eigenvalue weighted by molar-refractivity contribution is 0.195. The van der Waals surface area contributed by atoms with E-state index < -0.39 is 6.10 Å². The standard InChI is InChI=1S/C12H15NO/c1-7-4-8(2)10-6-11(9(3)14)13-12(10)5-7/h4-6,9,13-14H,1-3H3. The number of aliphatic hydroxyl groups is 1. The molecule has 0 aliphatic heterocycles. The zero-order valence-electron chi connectivity index (χ0n) is 8.76. The largest absolute Gasteiger partial charge is 0.387 e. The summed E-state index contributed by atoms with van der Waals surface area (Å²) >= 11 is 0. The number of nitrogens with one attached hydrogen (secondary N) is 1. The molecule has 1 aromatic carbocycles. The van der Waals surface area contributed by atoms with Gasteiger partial charge in [-0.05, 0) is 44.0 Å². The van der Waals surface area contributed by atoms with Gasteiger partial charge in [-0.15, -0.1) is 0 Å². The van der Waals surface area contributed by atoms with Crippen LogP contribution in [0.1, 0.15) is 29.8 Å². The molecule has 1 aromatic heterocycles. The highest BCUT2D eigenvalue weighted by Gasteiger charge is 2.07. The Morgan fingerprint density at radius 2 is 1.93 bits per heavy atom. The van der Waals surface area contributed by atoms with Gasteiger partial charge in [0.1, 0.15) is 0 Å². The Hall–Kier alpha value is -1.28. The number of H-pyrrole nitrogens is 1. The Bertz CT molecular complexity index is 468. The van der Waals surface area contributed by atoms with E-state index in [0.29, 0.717) is 0 Å². The zero-order chi connectivity index (χ0) is 10.3. The van der Waals surface area contributed by atoms with Crippen molar-refractivity contribution in [3.8, 4) is 0 Å². The molecule has 14 heavy (non-hydrogen) atoms. The molecular weight excluding hydrogens is 174 g/mol. The van der Waals surface area contributed by atoms with E-state index in [-0.39, 0.29) is 0 Å². The molecule has 1 heterocycles. The predicted molar refractivity (Wildman–Crippen MR) is 58.4 cm³/mol. The first-order valence-corrected chi connectivity index (χ1v) is 4.86. The van der Waals surface area contributed by atoms with Gasteiger partial charge >= 0.3 is 0 Å². The molecule has 0 bridgehead atoms. The zero-order valence-corrected chi connectivity index (χ0v) is 8.76. The van der Waals surface area contributed by atoms with E-state index in [9.17, 15) is 5.11 Å². The highest BCUT2D eigenvalue weighted by Crippen LogP contribution is 2.24. The maximum atomic E-state index is 9.45. The Kier molecular flexibility index (Phi) is 2.08. The van der Waals surface area contributed by atoms with Crippen LogP contribution in [0.15, 0.2) is 18.2 Å². The third-order valence-electron chi connectivity index (χ3n) is 2.56. The lowest BCUT2D eigenvalue weighted by Crippen LogP contribution is -1.89. The average Bonchev–Trinajstić information content (AvgIpc) is 2.47. The topological polar surface area (TPSA) is 36.0 Å². The predicted octanol–water partition coefficient (Wildman–Crippen LogP) is 2.84. The molecule has 2 nitrogen and oxygen atoms in total. The molecule has 0 radical (unpaired) electrons. The van der Waals surface area contributed by atoms with Crippen molar-refractivity contribution in [1.29, 1.82) is 0 Å². The van der Waals surface area contributed by atoms with Gasteiger partial charge in [-0.25, -0.2) is 0 Å². The van der Waals surface area contributed by atoms with E-state index in [1.807, 2.05) is 6.07 Å². The van der Waals surface area contributed by atoms with E-state index in [0.717, 1.165) is 11.2 Å². The summed E-state index contributed by atoms with van der Waals surface area (Å²) in [6.45, 7) is 5.94. The lowest BCUT2D eigenvalue weighted by Gasteiger charge is -1.97. The van der Waals surface area contributed by atoms with Crippen LogP contribution in [-0.2, 0) is 0 Å². The van der Waals surface area contributed by atoms with Crippen LogP contribution in [0.2, 0.25) is 0 Å². The van der Waals surface area contributed by atoms with Crippen molar-refractivity contribution in [2.45, 2.75) is 26.9 Å². The summed E-state index contributed by atoms with van der Waals surface area (Å²) < 4.78 is 0. The van der Waals surface area contributed by atoms with E-state index in [1.165, 1.54) is 16.5 Å². The highest BCUT2D eigenvalue weighted by atomic mass is 16.3. The molecule has 0 fully saturated rings. The molecule has 74 valence electrons. The fraction of sp³-hybridized carbons (Fsp3) is 0.333. The van der Waals surface area contributed by atoms with Crippen LogP contribution in [-0.4, -0.2) is 10.1 Å². The van der Waals surface area contributed by atoms with Crippen LogP contribution < -0.4 is 0 Å². The van der Waals surface area contributed by atoms with Crippen LogP contribution >= 0.6 is 0 Å². The van der Waals surface area contributed by atoms with Crippen molar-refractivity contribution < 1.29 is 5.11 Å². The number of benzene rings is 1. The Labute approximate surface area is 83.6 Å². The van der Waals surface area contributed by atoms with E-state index in [1.54, 1.807) is 6.92 Å². The number of hydrogen-bond acceptors (Lipinski definition) is 1. The van der Waals surface area contributed by atoms with Gasteiger partial charge in [0, 0.05) is 16.6 Å². The minimum Gasteiger partial charge on any atom is -0.387 e. The number of aryl methyl sites for hydroxylation is 2. The van der Waals surface area contributed by atoms with Crippen molar-refractivity contribution in [1.82, 2.24) is 4.98 Å². The summed E-state index contributed by atoms with van der Waals surface area (Å²) in [5.41, 5.74) is 4.49. The number of rotatable bonds is 1. The molecule has 2 rings (SSSR count). The van der Waals surface area contributed by atoms with E-state index in [4.69, 9.17) is 0 Å². The third kappa shape index (κ3) is 1.42. The summed E-state index contributed by atoms with van der Waals surface area (Å²) in [5, 5.41) is 10.7. The number of aromatic amines is 1. The average molecular weight is 189 g/mol. The van der Waals surface area contributed by atoms with Crippen molar-refractivity contribution in [2.75, 3.05) is 0 Å². The fourth-order valence-corrected chi connectivity index (χ4v) is 1.85. The molecule has 0 spiro atoms. The molecule has 0 amide bonds. The lowest BCUT2D eigenvalue weighted by atomic mass is 10.1. The molecule has 1 atom stereocenters. The van der Waals surface area contributed by atoms with Crippen LogP contribution in [0.4, 0.5) is 0 Å². The quantitative estimate of drug-likeness (QED) is 0.711. The molecule has 2 aromatic rings. The smallest absolute Gasteiger partial charge is 0.0910 e. The second-order valence-corrected chi connectivity index (χ2v) is 3.94. The van der Waals surface area contributed by atoms with E-state index in [2.05, 4.69) is 31.0 Å². The molecule has 1 unspecified atom stereocenters. The molecule has 0 aliphatic carbocycles. The molecular formula is C12H15NO. The fourth-order valence-electron chi connectivity index (χ4n) is 1.85. The maximum absolute atomic E-state index is 9.45. The number of hydrogen-bond donors (Lipinski definition) is 2. The van der Waals surface area contributed by atoms with Crippen LogP contribution in [0.5, 0.6) is 0 Å². The second kappa shape index (κ2) is 3.14. The summed E-state index contributed by atoms with van der Waals surface area (Å²) in [7, 11) is 0. The monoisotopic (exact) mass is 189 g/mol. The molecule has 2 heteroatoms. The van der Waals surface area contributed by atoms with Crippen molar-refractivity contribution in [2.24, 2.45) is 0 Å².